The molecule has 2 aliphatic rings. The zero-order valence-corrected chi connectivity index (χ0v) is 7.51. The van der Waals surface area contributed by atoms with Gasteiger partial charge in [-0.3, -0.25) is 4.79 Å². The van der Waals surface area contributed by atoms with Gasteiger partial charge in [-0.05, 0) is 12.5 Å². The van der Waals surface area contributed by atoms with Gasteiger partial charge in [0.25, 0.3) is 0 Å². The number of fused-ring (bicyclic) bond motifs is 1. The normalized spacial score (nSPS) is 32.2. The van der Waals surface area contributed by atoms with Crippen molar-refractivity contribution < 1.29 is 14.3 Å². The summed E-state index contributed by atoms with van der Waals surface area (Å²) in [4.78, 5) is 11.3. The van der Waals surface area contributed by atoms with Gasteiger partial charge in [-0.15, -0.1) is 0 Å². The summed E-state index contributed by atoms with van der Waals surface area (Å²) in [5.74, 6) is 0.232. The highest BCUT2D eigenvalue weighted by Gasteiger charge is 2.46. The summed E-state index contributed by atoms with van der Waals surface area (Å²) in [6.45, 7) is 5.55. The van der Waals surface area contributed by atoms with Crippen molar-refractivity contribution in [2.24, 2.45) is 0 Å². The van der Waals surface area contributed by atoms with Crippen LogP contribution in [-0.2, 0) is 14.3 Å². The molecule has 0 unspecified atom stereocenters. The number of hydrogen-bond donors (Lipinski definition) is 0. The van der Waals surface area contributed by atoms with Crippen LogP contribution < -0.4 is 0 Å². The lowest BCUT2D eigenvalue weighted by Crippen LogP contribution is -2.25. The largest absolute Gasteiger partial charge is 0.464 e. The predicted octanol–water partition coefficient (Wildman–Crippen LogP) is 1.38. The number of hydrogen-bond acceptors (Lipinski definition) is 3. The number of carbonyl (C=O) groups excluding carboxylic acids is 1. The Morgan fingerprint density at radius 2 is 2.17 bits per heavy atom. The van der Waals surface area contributed by atoms with Crippen LogP contribution in [0.15, 0.2) is 11.3 Å². The van der Waals surface area contributed by atoms with E-state index in [0.717, 1.165) is 11.3 Å². The smallest absolute Gasteiger partial charge is 0.205 e. The van der Waals surface area contributed by atoms with E-state index in [4.69, 9.17) is 9.47 Å². The summed E-state index contributed by atoms with van der Waals surface area (Å²) >= 11 is 0. The molecule has 66 valence electrons. The highest BCUT2D eigenvalue weighted by atomic mass is 16.7. The molecular formula is C9H12O3. The molecule has 0 spiro atoms. The second-order valence-electron chi connectivity index (χ2n) is 3.79. The summed E-state index contributed by atoms with van der Waals surface area (Å²) in [7, 11) is 0. The van der Waals surface area contributed by atoms with E-state index in [-0.39, 0.29) is 5.78 Å². The quantitative estimate of drug-likeness (QED) is 0.548. The maximum Gasteiger partial charge on any atom is 0.205 e. The Kier molecular flexibility index (Phi) is 1.37. The monoisotopic (exact) mass is 168 g/mol. The predicted molar refractivity (Wildman–Crippen MR) is 42.4 cm³/mol. The van der Waals surface area contributed by atoms with Crippen molar-refractivity contribution in [3.05, 3.63) is 11.3 Å². The van der Waals surface area contributed by atoms with Crippen molar-refractivity contribution in [2.45, 2.75) is 39.1 Å². The Hall–Kier alpha value is -0.830. The van der Waals surface area contributed by atoms with E-state index in [1.54, 1.807) is 0 Å². The second kappa shape index (κ2) is 2.10. The second-order valence-corrected chi connectivity index (χ2v) is 3.79. The van der Waals surface area contributed by atoms with Crippen molar-refractivity contribution in [3.8, 4) is 0 Å². The number of carbonyl (C=O) groups is 1. The van der Waals surface area contributed by atoms with E-state index < -0.39 is 11.9 Å². The van der Waals surface area contributed by atoms with Gasteiger partial charge in [0.05, 0.1) is 0 Å². The third kappa shape index (κ3) is 0.966. The van der Waals surface area contributed by atoms with Gasteiger partial charge >= 0.3 is 0 Å². The third-order valence-corrected chi connectivity index (χ3v) is 2.15. The fraction of sp³-hybridized carbons (Fsp3) is 0.667. The Labute approximate surface area is 71.3 Å². The van der Waals surface area contributed by atoms with Gasteiger partial charge in [0, 0.05) is 20.3 Å². The van der Waals surface area contributed by atoms with Crippen molar-refractivity contribution in [2.75, 3.05) is 0 Å². The highest BCUT2D eigenvalue weighted by Crippen LogP contribution is 2.38. The summed E-state index contributed by atoms with van der Waals surface area (Å²) in [5.41, 5.74) is 1.01. The molecule has 3 nitrogen and oxygen atoms in total. The average molecular weight is 168 g/mol. The molecule has 0 N–H and O–H groups in total. The van der Waals surface area contributed by atoms with E-state index in [1.807, 2.05) is 20.8 Å². The highest BCUT2D eigenvalue weighted by molar-refractivity contribution is 5.91. The van der Waals surface area contributed by atoms with Gasteiger partial charge in [-0.2, -0.15) is 0 Å². The van der Waals surface area contributed by atoms with Crippen molar-refractivity contribution in [1.82, 2.24) is 0 Å². The molecule has 2 rings (SSSR count). The average Bonchev–Trinajstić information content (AvgIpc) is 2.34. The van der Waals surface area contributed by atoms with Crippen LogP contribution in [0.5, 0.6) is 0 Å². The molecular weight excluding hydrogens is 156 g/mol. The molecule has 0 radical (unpaired) electrons. The Bertz CT molecular complexity index is 275. The lowest BCUT2D eigenvalue weighted by molar-refractivity contribution is -0.151. The van der Waals surface area contributed by atoms with Crippen LogP contribution in [0.4, 0.5) is 0 Å². The molecule has 0 saturated carbocycles. The van der Waals surface area contributed by atoms with Crippen LogP contribution >= 0.6 is 0 Å². The minimum Gasteiger partial charge on any atom is -0.464 e. The zero-order chi connectivity index (χ0) is 8.93. The van der Waals surface area contributed by atoms with Gasteiger partial charge in [0.2, 0.25) is 5.79 Å². The van der Waals surface area contributed by atoms with E-state index in [1.165, 1.54) is 0 Å². The molecule has 1 aliphatic carbocycles. The maximum atomic E-state index is 11.3. The van der Waals surface area contributed by atoms with Gasteiger partial charge < -0.3 is 9.47 Å². The lowest BCUT2D eigenvalue weighted by atomic mass is 10.2. The molecule has 1 heterocycles. The van der Waals surface area contributed by atoms with Gasteiger partial charge in [0.1, 0.15) is 5.76 Å². The molecule has 3 heteroatoms. The first kappa shape index (κ1) is 7.80. The van der Waals surface area contributed by atoms with Crippen LogP contribution in [0.25, 0.3) is 0 Å². The van der Waals surface area contributed by atoms with E-state index in [2.05, 4.69) is 0 Å². The maximum absolute atomic E-state index is 11.3. The van der Waals surface area contributed by atoms with Crippen molar-refractivity contribution in [3.63, 3.8) is 0 Å². The molecule has 0 amide bonds. The summed E-state index contributed by atoms with van der Waals surface area (Å²) in [5, 5.41) is 0. The van der Waals surface area contributed by atoms with Crippen molar-refractivity contribution in [1.29, 1.82) is 0 Å². The molecule has 0 aromatic rings. The number of rotatable bonds is 0. The van der Waals surface area contributed by atoms with Crippen LogP contribution in [0.2, 0.25) is 0 Å². The van der Waals surface area contributed by atoms with E-state index >= 15 is 0 Å². The molecule has 1 saturated heterocycles. The molecule has 12 heavy (non-hydrogen) atoms. The standard InChI is InChI=1S/C9H12O3/c1-5-4-6(10)8-7(5)11-9(2,3)12-8/h8H,4H2,1-3H3/t8-/m0/s1. The van der Waals surface area contributed by atoms with Crippen LogP contribution in [-0.4, -0.2) is 17.7 Å². The van der Waals surface area contributed by atoms with Crippen molar-refractivity contribution >= 4 is 5.78 Å². The lowest BCUT2D eigenvalue weighted by Gasteiger charge is -2.16. The molecule has 1 fully saturated rings. The molecule has 1 aliphatic heterocycles. The first-order chi connectivity index (χ1) is 5.49. The third-order valence-electron chi connectivity index (χ3n) is 2.15. The molecule has 0 bridgehead atoms. The number of Topliss-reactive ketones (excluding diaryl/α,β-unsaturated/α-hetero) is 1. The number of ether oxygens (including phenoxy) is 2. The first-order valence-electron chi connectivity index (χ1n) is 4.09. The van der Waals surface area contributed by atoms with Gasteiger partial charge in [-0.1, -0.05) is 0 Å². The summed E-state index contributed by atoms with van der Waals surface area (Å²) in [6, 6.07) is 0. The zero-order valence-electron chi connectivity index (χ0n) is 7.51. The summed E-state index contributed by atoms with van der Waals surface area (Å²) in [6.07, 6.45) is 0.0656. The Morgan fingerprint density at radius 3 is 2.75 bits per heavy atom. The van der Waals surface area contributed by atoms with Crippen LogP contribution in [0, 0.1) is 0 Å². The fourth-order valence-corrected chi connectivity index (χ4v) is 1.64. The van der Waals surface area contributed by atoms with Gasteiger partial charge in [0.15, 0.2) is 11.9 Å². The molecule has 0 aromatic carbocycles. The molecule has 0 aromatic heterocycles. The fourth-order valence-electron chi connectivity index (χ4n) is 1.64. The van der Waals surface area contributed by atoms with E-state index in [0.29, 0.717) is 6.42 Å². The molecule has 1 atom stereocenters. The van der Waals surface area contributed by atoms with Gasteiger partial charge in [-0.25, -0.2) is 0 Å². The Morgan fingerprint density at radius 1 is 1.50 bits per heavy atom. The Balaban J connectivity index is 2.34. The number of allylic oxidation sites excluding steroid dienone is 1. The minimum absolute atomic E-state index is 0.119. The summed E-state index contributed by atoms with van der Waals surface area (Å²) < 4.78 is 10.9. The topological polar surface area (TPSA) is 35.5 Å². The number of ketones is 1. The van der Waals surface area contributed by atoms with Crippen LogP contribution in [0.1, 0.15) is 27.2 Å². The van der Waals surface area contributed by atoms with E-state index in [9.17, 15) is 4.79 Å². The van der Waals surface area contributed by atoms with Crippen LogP contribution in [0.3, 0.4) is 0 Å². The first-order valence-corrected chi connectivity index (χ1v) is 4.09. The minimum atomic E-state index is -0.628. The SMILES string of the molecule is CC1=C2OC(C)(C)O[C@H]2C(=O)C1.